The molecule has 7 nitrogen and oxygen atoms in total. The highest BCUT2D eigenvalue weighted by molar-refractivity contribution is 7.07. The zero-order valence-corrected chi connectivity index (χ0v) is 16.9. The van der Waals surface area contributed by atoms with Gasteiger partial charge in [0.25, 0.3) is 0 Å². The van der Waals surface area contributed by atoms with Crippen LogP contribution in [0.1, 0.15) is 35.2 Å². The molecule has 2 aromatic heterocycles. The molecule has 0 aliphatic carbocycles. The number of fused-ring (bicyclic) bond motifs is 1. The molecule has 2 N–H and O–H groups in total. The van der Waals surface area contributed by atoms with Crippen molar-refractivity contribution in [1.82, 2.24) is 25.4 Å². The number of ether oxygens (including phenoxy) is 1. The quantitative estimate of drug-likeness (QED) is 0.512. The standard InChI is InChI=1S/C20H24N6OS/c1-14-24-25-19(26(14)2)12-22-20(21-11-15-8-10-28-13-15)23-17-7-9-27-18-6-4-3-5-16(17)18/h3-6,8,10,13,17H,7,9,11-12H2,1-2H3,(H2,21,22,23). The molecule has 1 aliphatic heterocycles. The SMILES string of the molecule is Cc1nnc(CNC(=NCc2ccsc2)NC2CCOc3ccccc32)n1C. The summed E-state index contributed by atoms with van der Waals surface area (Å²) in [6, 6.07) is 10.4. The Kier molecular flexibility index (Phi) is 5.57. The Hall–Kier alpha value is -2.87. The summed E-state index contributed by atoms with van der Waals surface area (Å²) in [4.78, 5) is 4.79. The molecule has 28 heavy (non-hydrogen) atoms. The van der Waals surface area contributed by atoms with Crippen LogP contribution in [0.15, 0.2) is 46.1 Å². The van der Waals surface area contributed by atoms with Gasteiger partial charge in [-0.1, -0.05) is 18.2 Å². The number of benzene rings is 1. The highest BCUT2D eigenvalue weighted by Crippen LogP contribution is 2.31. The first-order valence-corrected chi connectivity index (χ1v) is 10.3. The number of guanidine groups is 1. The van der Waals surface area contributed by atoms with Crippen LogP contribution in [0.4, 0.5) is 0 Å². The zero-order valence-electron chi connectivity index (χ0n) is 16.1. The van der Waals surface area contributed by atoms with Crippen molar-refractivity contribution in [2.45, 2.75) is 32.5 Å². The van der Waals surface area contributed by atoms with Crippen LogP contribution in [0.2, 0.25) is 0 Å². The molecule has 1 unspecified atom stereocenters. The van der Waals surface area contributed by atoms with E-state index in [0.29, 0.717) is 19.7 Å². The molecule has 0 saturated heterocycles. The normalized spacial score (nSPS) is 16.4. The summed E-state index contributed by atoms with van der Waals surface area (Å²) in [6.45, 7) is 3.81. The van der Waals surface area contributed by atoms with E-state index in [9.17, 15) is 0 Å². The predicted molar refractivity (Wildman–Crippen MR) is 110 cm³/mol. The first-order chi connectivity index (χ1) is 13.7. The average molecular weight is 397 g/mol. The lowest BCUT2D eigenvalue weighted by atomic mass is 10.0. The largest absolute Gasteiger partial charge is 0.493 e. The molecule has 3 aromatic rings. The third-order valence-corrected chi connectivity index (χ3v) is 5.60. The first-order valence-electron chi connectivity index (χ1n) is 9.33. The van der Waals surface area contributed by atoms with Crippen molar-refractivity contribution < 1.29 is 4.74 Å². The predicted octanol–water partition coefficient (Wildman–Crippen LogP) is 2.94. The maximum absolute atomic E-state index is 5.78. The molecule has 146 valence electrons. The van der Waals surface area contributed by atoms with Crippen molar-refractivity contribution in [2.24, 2.45) is 12.0 Å². The van der Waals surface area contributed by atoms with E-state index in [4.69, 9.17) is 9.73 Å². The van der Waals surface area contributed by atoms with Gasteiger partial charge in [0.1, 0.15) is 11.6 Å². The van der Waals surface area contributed by atoms with E-state index in [1.165, 1.54) is 5.56 Å². The van der Waals surface area contributed by atoms with Gasteiger partial charge in [-0.3, -0.25) is 0 Å². The summed E-state index contributed by atoms with van der Waals surface area (Å²) in [5, 5.41) is 19.5. The number of rotatable bonds is 5. The first kappa shape index (κ1) is 18.5. The summed E-state index contributed by atoms with van der Waals surface area (Å²) in [5.74, 6) is 3.45. The topological polar surface area (TPSA) is 76.4 Å². The van der Waals surface area contributed by atoms with Crippen LogP contribution in [-0.4, -0.2) is 27.3 Å². The summed E-state index contributed by atoms with van der Waals surface area (Å²) in [6.07, 6.45) is 0.888. The Bertz CT molecular complexity index is 950. The van der Waals surface area contributed by atoms with Crippen LogP contribution in [0, 0.1) is 6.92 Å². The Labute approximate surface area is 168 Å². The van der Waals surface area contributed by atoms with E-state index in [1.54, 1.807) is 11.3 Å². The van der Waals surface area contributed by atoms with Crippen molar-refractivity contribution in [3.8, 4) is 5.75 Å². The number of hydrogen-bond donors (Lipinski definition) is 2. The van der Waals surface area contributed by atoms with Gasteiger partial charge in [-0.2, -0.15) is 11.3 Å². The molecule has 0 spiro atoms. The van der Waals surface area contributed by atoms with Crippen LogP contribution in [0.3, 0.4) is 0 Å². The van der Waals surface area contributed by atoms with Crippen LogP contribution < -0.4 is 15.4 Å². The molecule has 0 fully saturated rings. The van der Waals surface area contributed by atoms with E-state index in [-0.39, 0.29) is 6.04 Å². The third kappa shape index (κ3) is 4.17. The minimum Gasteiger partial charge on any atom is -0.493 e. The fourth-order valence-electron chi connectivity index (χ4n) is 3.13. The molecular weight excluding hydrogens is 372 g/mol. The number of aryl methyl sites for hydroxylation is 1. The Balaban J connectivity index is 1.51. The molecule has 1 aromatic carbocycles. The molecule has 1 atom stereocenters. The van der Waals surface area contributed by atoms with E-state index >= 15 is 0 Å². The van der Waals surface area contributed by atoms with Gasteiger partial charge in [-0.15, -0.1) is 10.2 Å². The molecule has 0 saturated carbocycles. The Morgan fingerprint density at radius 3 is 3.00 bits per heavy atom. The van der Waals surface area contributed by atoms with Gasteiger partial charge in [0, 0.05) is 19.0 Å². The average Bonchev–Trinajstić information content (AvgIpc) is 3.35. The number of para-hydroxylation sites is 1. The van der Waals surface area contributed by atoms with E-state index in [0.717, 1.165) is 35.3 Å². The third-order valence-electron chi connectivity index (χ3n) is 4.87. The molecule has 1 aliphatic rings. The fraction of sp³-hybridized carbons (Fsp3) is 0.350. The smallest absolute Gasteiger partial charge is 0.192 e. The van der Waals surface area contributed by atoms with E-state index in [1.807, 2.05) is 36.7 Å². The second-order valence-electron chi connectivity index (χ2n) is 6.74. The summed E-state index contributed by atoms with van der Waals surface area (Å²) in [5.41, 5.74) is 2.36. The van der Waals surface area contributed by atoms with Gasteiger partial charge in [0.05, 0.1) is 25.7 Å². The van der Waals surface area contributed by atoms with Crippen LogP contribution in [-0.2, 0) is 20.1 Å². The maximum atomic E-state index is 5.78. The lowest BCUT2D eigenvalue weighted by Crippen LogP contribution is -2.41. The van der Waals surface area contributed by atoms with Gasteiger partial charge < -0.3 is 19.9 Å². The Morgan fingerprint density at radius 2 is 2.21 bits per heavy atom. The monoisotopic (exact) mass is 396 g/mol. The highest BCUT2D eigenvalue weighted by Gasteiger charge is 2.22. The highest BCUT2D eigenvalue weighted by atomic mass is 32.1. The van der Waals surface area contributed by atoms with Gasteiger partial charge >= 0.3 is 0 Å². The molecule has 0 radical (unpaired) electrons. The zero-order chi connectivity index (χ0) is 19.3. The molecule has 0 amide bonds. The van der Waals surface area contributed by atoms with Crippen molar-refractivity contribution in [2.75, 3.05) is 6.61 Å². The molecule has 8 heteroatoms. The molecule has 4 rings (SSSR count). The van der Waals surface area contributed by atoms with Gasteiger partial charge in [0.15, 0.2) is 11.8 Å². The maximum Gasteiger partial charge on any atom is 0.192 e. The lowest BCUT2D eigenvalue weighted by Gasteiger charge is -2.28. The summed E-state index contributed by atoms with van der Waals surface area (Å²) < 4.78 is 7.76. The van der Waals surface area contributed by atoms with Crippen LogP contribution >= 0.6 is 11.3 Å². The second kappa shape index (κ2) is 8.43. The van der Waals surface area contributed by atoms with Gasteiger partial charge in [-0.25, -0.2) is 4.99 Å². The number of thiophene rings is 1. The lowest BCUT2D eigenvalue weighted by molar-refractivity contribution is 0.261. The minimum atomic E-state index is 0.153. The Morgan fingerprint density at radius 1 is 1.32 bits per heavy atom. The number of nitrogens with one attached hydrogen (secondary N) is 2. The van der Waals surface area contributed by atoms with Crippen molar-refractivity contribution in [1.29, 1.82) is 0 Å². The summed E-state index contributed by atoms with van der Waals surface area (Å²) >= 11 is 1.68. The number of aromatic nitrogens is 3. The fourth-order valence-corrected chi connectivity index (χ4v) is 3.79. The van der Waals surface area contributed by atoms with Gasteiger partial charge in [0.2, 0.25) is 0 Å². The van der Waals surface area contributed by atoms with E-state index < -0.39 is 0 Å². The van der Waals surface area contributed by atoms with Crippen molar-refractivity contribution in [3.63, 3.8) is 0 Å². The van der Waals surface area contributed by atoms with Crippen LogP contribution in [0.25, 0.3) is 0 Å². The number of aliphatic imine (C=N–C) groups is 1. The molecule has 3 heterocycles. The number of hydrogen-bond acceptors (Lipinski definition) is 5. The van der Waals surface area contributed by atoms with Crippen molar-refractivity contribution in [3.05, 3.63) is 63.9 Å². The molecular formula is C20H24N6OS. The van der Waals surface area contributed by atoms with Crippen molar-refractivity contribution >= 4 is 17.3 Å². The van der Waals surface area contributed by atoms with Gasteiger partial charge in [-0.05, 0) is 35.4 Å². The van der Waals surface area contributed by atoms with E-state index in [2.05, 4.69) is 43.7 Å². The second-order valence-corrected chi connectivity index (χ2v) is 7.52. The summed E-state index contributed by atoms with van der Waals surface area (Å²) in [7, 11) is 1.97. The minimum absolute atomic E-state index is 0.153. The molecule has 0 bridgehead atoms. The number of nitrogens with zero attached hydrogens (tertiary/aromatic N) is 4. The van der Waals surface area contributed by atoms with Crippen LogP contribution in [0.5, 0.6) is 5.75 Å².